The Hall–Kier alpha value is -3.33. The first-order valence-corrected chi connectivity index (χ1v) is 7.88. The van der Waals surface area contributed by atoms with E-state index in [1.165, 1.54) is 29.5 Å². The summed E-state index contributed by atoms with van der Waals surface area (Å²) in [6.07, 6.45) is 4.53. The van der Waals surface area contributed by atoms with Gasteiger partial charge in [0.1, 0.15) is 30.8 Å². The molecule has 0 fully saturated rings. The SMILES string of the molecule is NCCOc1ccc(F)cc1C(=O)NCc1cccnc1-n1cncn1. The number of nitrogens with two attached hydrogens (primary N) is 1. The lowest BCUT2D eigenvalue weighted by atomic mass is 10.1. The second-order valence-electron chi connectivity index (χ2n) is 5.29. The number of nitrogens with zero attached hydrogens (tertiary/aromatic N) is 4. The first-order chi connectivity index (χ1) is 12.7. The summed E-state index contributed by atoms with van der Waals surface area (Å²) in [4.78, 5) is 20.7. The summed E-state index contributed by atoms with van der Waals surface area (Å²) in [5.41, 5.74) is 6.24. The van der Waals surface area contributed by atoms with Crippen LogP contribution in [0.25, 0.3) is 5.82 Å². The second-order valence-corrected chi connectivity index (χ2v) is 5.29. The summed E-state index contributed by atoms with van der Waals surface area (Å²) >= 11 is 0. The summed E-state index contributed by atoms with van der Waals surface area (Å²) in [6, 6.07) is 7.32. The largest absolute Gasteiger partial charge is 0.491 e. The van der Waals surface area contributed by atoms with Crippen LogP contribution < -0.4 is 15.8 Å². The fourth-order valence-corrected chi connectivity index (χ4v) is 2.34. The van der Waals surface area contributed by atoms with Gasteiger partial charge in [-0.05, 0) is 24.3 Å². The smallest absolute Gasteiger partial charge is 0.255 e. The molecule has 1 amide bonds. The number of carbonyl (C=O) groups is 1. The van der Waals surface area contributed by atoms with E-state index >= 15 is 0 Å². The molecule has 0 unspecified atom stereocenters. The zero-order valence-electron chi connectivity index (χ0n) is 13.8. The number of benzene rings is 1. The highest BCUT2D eigenvalue weighted by molar-refractivity contribution is 5.96. The van der Waals surface area contributed by atoms with Gasteiger partial charge in [-0.25, -0.2) is 19.0 Å². The molecule has 2 heterocycles. The molecule has 3 rings (SSSR count). The maximum absolute atomic E-state index is 13.6. The fraction of sp³-hybridized carbons (Fsp3) is 0.176. The molecule has 134 valence electrons. The Morgan fingerprint density at radius 1 is 1.35 bits per heavy atom. The summed E-state index contributed by atoms with van der Waals surface area (Å²) in [7, 11) is 0. The zero-order valence-corrected chi connectivity index (χ0v) is 13.8. The van der Waals surface area contributed by atoms with E-state index in [2.05, 4.69) is 20.4 Å². The van der Waals surface area contributed by atoms with E-state index in [9.17, 15) is 9.18 Å². The van der Waals surface area contributed by atoms with E-state index in [-0.39, 0.29) is 31.0 Å². The quantitative estimate of drug-likeness (QED) is 0.656. The van der Waals surface area contributed by atoms with Crippen molar-refractivity contribution in [2.24, 2.45) is 5.73 Å². The van der Waals surface area contributed by atoms with E-state index in [0.29, 0.717) is 5.82 Å². The van der Waals surface area contributed by atoms with Crippen LogP contribution in [-0.4, -0.2) is 38.8 Å². The van der Waals surface area contributed by atoms with E-state index in [0.717, 1.165) is 11.6 Å². The Labute approximate surface area is 148 Å². The summed E-state index contributed by atoms with van der Waals surface area (Å²) in [5.74, 6) is -0.175. The predicted octanol–water partition coefficient (Wildman–Crippen LogP) is 1.07. The second kappa shape index (κ2) is 8.17. The molecule has 0 aliphatic rings. The maximum atomic E-state index is 13.6. The van der Waals surface area contributed by atoms with Crippen molar-refractivity contribution in [3.63, 3.8) is 0 Å². The molecule has 0 saturated heterocycles. The van der Waals surface area contributed by atoms with Crippen LogP contribution >= 0.6 is 0 Å². The first-order valence-electron chi connectivity index (χ1n) is 7.88. The van der Waals surface area contributed by atoms with Crippen LogP contribution in [0.5, 0.6) is 5.75 Å². The van der Waals surface area contributed by atoms with E-state index < -0.39 is 11.7 Å². The summed E-state index contributed by atoms with van der Waals surface area (Å²) in [6.45, 7) is 0.690. The predicted molar refractivity (Wildman–Crippen MR) is 91.3 cm³/mol. The Morgan fingerprint density at radius 2 is 2.23 bits per heavy atom. The van der Waals surface area contributed by atoms with E-state index in [1.807, 2.05) is 6.07 Å². The Balaban J connectivity index is 1.77. The van der Waals surface area contributed by atoms with Crippen molar-refractivity contribution in [1.29, 1.82) is 0 Å². The van der Waals surface area contributed by atoms with Crippen LogP contribution in [0.3, 0.4) is 0 Å². The monoisotopic (exact) mass is 356 g/mol. The number of nitrogens with one attached hydrogen (secondary N) is 1. The molecule has 0 radical (unpaired) electrons. The van der Waals surface area contributed by atoms with Gasteiger partial charge in [-0.2, -0.15) is 5.10 Å². The highest BCUT2D eigenvalue weighted by atomic mass is 19.1. The van der Waals surface area contributed by atoms with Gasteiger partial charge in [-0.15, -0.1) is 0 Å². The average Bonchev–Trinajstić information content (AvgIpc) is 3.20. The lowest BCUT2D eigenvalue weighted by Gasteiger charge is -2.12. The summed E-state index contributed by atoms with van der Waals surface area (Å²) < 4.78 is 20.5. The maximum Gasteiger partial charge on any atom is 0.255 e. The zero-order chi connectivity index (χ0) is 18.4. The van der Waals surface area contributed by atoms with Crippen LogP contribution in [0, 0.1) is 5.82 Å². The van der Waals surface area contributed by atoms with Gasteiger partial charge < -0.3 is 15.8 Å². The van der Waals surface area contributed by atoms with Crippen molar-refractivity contribution < 1.29 is 13.9 Å². The van der Waals surface area contributed by atoms with Crippen molar-refractivity contribution >= 4 is 5.91 Å². The Morgan fingerprint density at radius 3 is 3.00 bits per heavy atom. The number of rotatable bonds is 7. The molecule has 0 saturated carbocycles. The number of amides is 1. The summed E-state index contributed by atoms with van der Waals surface area (Å²) in [5, 5.41) is 6.78. The lowest BCUT2D eigenvalue weighted by Crippen LogP contribution is -2.25. The number of pyridine rings is 1. The third kappa shape index (κ3) is 4.01. The molecule has 0 aliphatic carbocycles. The molecule has 26 heavy (non-hydrogen) atoms. The van der Waals surface area contributed by atoms with Crippen LogP contribution in [-0.2, 0) is 6.54 Å². The lowest BCUT2D eigenvalue weighted by molar-refractivity contribution is 0.0946. The molecule has 9 heteroatoms. The van der Waals surface area contributed by atoms with Gasteiger partial charge in [0, 0.05) is 24.8 Å². The molecule has 8 nitrogen and oxygen atoms in total. The van der Waals surface area contributed by atoms with Crippen molar-refractivity contribution in [1.82, 2.24) is 25.1 Å². The van der Waals surface area contributed by atoms with Crippen LogP contribution in [0.15, 0.2) is 49.2 Å². The molecule has 0 bridgehead atoms. The third-order valence-corrected chi connectivity index (χ3v) is 3.50. The molecular formula is C17H17FN6O2. The topological polar surface area (TPSA) is 108 Å². The molecule has 1 aromatic carbocycles. The minimum absolute atomic E-state index is 0.102. The van der Waals surface area contributed by atoms with Crippen LogP contribution in [0.1, 0.15) is 15.9 Å². The van der Waals surface area contributed by atoms with Gasteiger partial charge in [0.25, 0.3) is 5.91 Å². The number of hydrogen-bond donors (Lipinski definition) is 2. The molecule has 0 aliphatic heterocycles. The first kappa shape index (κ1) is 17.5. The van der Waals surface area contributed by atoms with Gasteiger partial charge in [-0.1, -0.05) is 6.07 Å². The molecule has 3 aromatic rings. The van der Waals surface area contributed by atoms with Gasteiger partial charge in [-0.3, -0.25) is 4.79 Å². The Kier molecular flexibility index (Phi) is 5.49. The van der Waals surface area contributed by atoms with Crippen molar-refractivity contribution in [3.05, 3.63) is 66.1 Å². The Bertz CT molecular complexity index is 885. The van der Waals surface area contributed by atoms with Crippen molar-refractivity contribution in [2.75, 3.05) is 13.2 Å². The van der Waals surface area contributed by atoms with Crippen LogP contribution in [0.4, 0.5) is 4.39 Å². The van der Waals surface area contributed by atoms with Gasteiger partial charge in [0.15, 0.2) is 5.82 Å². The van der Waals surface area contributed by atoms with Crippen LogP contribution in [0.2, 0.25) is 0 Å². The van der Waals surface area contributed by atoms with Gasteiger partial charge in [0.2, 0.25) is 0 Å². The number of aromatic nitrogens is 4. The minimum atomic E-state index is -0.528. The molecule has 3 N–H and O–H groups in total. The standard InChI is InChI=1S/C17H17FN6O2/c18-13-3-4-15(26-7-5-19)14(8-13)17(25)22-9-12-2-1-6-21-16(12)24-11-20-10-23-24/h1-4,6,8,10-11H,5,7,9,19H2,(H,22,25). The molecule has 0 atom stereocenters. The number of hydrogen-bond acceptors (Lipinski definition) is 6. The minimum Gasteiger partial charge on any atom is -0.491 e. The normalized spacial score (nSPS) is 10.5. The molecule has 2 aromatic heterocycles. The van der Waals surface area contributed by atoms with Crippen molar-refractivity contribution in [2.45, 2.75) is 6.54 Å². The van der Waals surface area contributed by atoms with E-state index in [1.54, 1.807) is 12.3 Å². The van der Waals surface area contributed by atoms with Crippen molar-refractivity contribution in [3.8, 4) is 11.6 Å². The van der Waals surface area contributed by atoms with Gasteiger partial charge in [0.05, 0.1) is 5.56 Å². The number of ether oxygens (including phenoxy) is 1. The van der Waals surface area contributed by atoms with Gasteiger partial charge >= 0.3 is 0 Å². The highest BCUT2D eigenvalue weighted by Gasteiger charge is 2.15. The van der Waals surface area contributed by atoms with E-state index in [4.69, 9.17) is 10.5 Å². The highest BCUT2D eigenvalue weighted by Crippen LogP contribution is 2.20. The fourth-order valence-electron chi connectivity index (χ4n) is 2.34. The molecular weight excluding hydrogens is 339 g/mol. The number of halogens is 1. The molecule has 0 spiro atoms. The third-order valence-electron chi connectivity index (χ3n) is 3.50. The number of carbonyl (C=O) groups excluding carboxylic acids is 1. The average molecular weight is 356 g/mol.